The van der Waals surface area contributed by atoms with Gasteiger partial charge in [-0.25, -0.2) is 4.79 Å². The molecule has 4 atom stereocenters. The second kappa shape index (κ2) is 16.1. The summed E-state index contributed by atoms with van der Waals surface area (Å²) in [5.41, 5.74) is 6.25. The number of alkyl carbamates (subject to hydrolysis) is 1. The minimum atomic E-state index is -1.40. The molecule has 2 aromatic carbocycles. The lowest BCUT2D eigenvalue weighted by atomic mass is 9.96. The number of primary amides is 1. The van der Waals surface area contributed by atoms with E-state index in [2.05, 4.69) is 16.0 Å². The normalized spacial score (nSPS) is 13.9. The fourth-order valence-corrected chi connectivity index (χ4v) is 3.91. The first-order valence-electron chi connectivity index (χ1n) is 13.9. The van der Waals surface area contributed by atoms with Gasteiger partial charge in [0.1, 0.15) is 30.3 Å². The number of benzene rings is 2. The first kappa shape index (κ1) is 33.8. The molecule has 0 fully saturated rings. The highest BCUT2D eigenvalue weighted by molar-refractivity contribution is 5.95. The van der Waals surface area contributed by atoms with Gasteiger partial charge in [-0.15, -0.1) is 0 Å². The smallest absolute Gasteiger partial charge is 0.408 e. The third-order valence-electron chi connectivity index (χ3n) is 6.36. The molecular formula is C31H42N4O7. The molecule has 11 heteroatoms. The van der Waals surface area contributed by atoms with Crippen molar-refractivity contribution >= 4 is 29.8 Å². The summed E-state index contributed by atoms with van der Waals surface area (Å²) in [6, 6.07) is 14.5. The monoisotopic (exact) mass is 582 g/mol. The van der Waals surface area contributed by atoms with Crippen LogP contribution in [0.3, 0.4) is 0 Å². The zero-order valence-electron chi connectivity index (χ0n) is 24.8. The van der Waals surface area contributed by atoms with Crippen LogP contribution in [0.4, 0.5) is 4.79 Å². The number of rotatable bonds is 14. The van der Waals surface area contributed by atoms with Gasteiger partial charge in [-0.2, -0.15) is 0 Å². The zero-order valence-corrected chi connectivity index (χ0v) is 24.8. The number of ether oxygens (including phenoxy) is 2. The lowest BCUT2D eigenvalue weighted by molar-refractivity contribution is -0.147. The Kier molecular flexibility index (Phi) is 13.0. The lowest BCUT2D eigenvalue weighted by Crippen LogP contribution is -2.59. The number of nitrogens with one attached hydrogen (secondary N) is 3. The number of carbonyl (C=O) groups excluding carboxylic acids is 5. The Morgan fingerprint density at radius 3 is 1.90 bits per heavy atom. The summed E-state index contributed by atoms with van der Waals surface area (Å²) >= 11 is 0. The minimum Gasteiger partial charge on any atom is -0.461 e. The molecule has 0 saturated carbocycles. The predicted octanol–water partition coefficient (Wildman–Crippen LogP) is 2.76. The van der Waals surface area contributed by atoms with Gasteiger partial charge in [0.15, 0.2) is 0 Å². The predicted molar refractivity (Wildman–Crippen MR) is 157 cm³/mol. The van der Waals surface area contributed by atoms with Gasteiger partial charge in [-0.05, 0) is 37.8 Å². The summed E-state index contributed by atoms with van der Waals surface area (Å²) < 4.78 is 10.6. The standard InChI is InChI=1S/C31H42N4O7/c1-6-20(2)26(29(39)33-23(27(32)37)17-21-13-9-7-10-14-21)35-28(38)24(34-30(40)42-31(3,4)5)18-25(36)41-19-22-15-11-8-12-16-22/h7-16,20,23-24,26H,6,17-19H2,1-5H3,(H2,32,37)(H,33,39)(H,34,40)(H,35,38)/t20-,23-,24+,26-/m0/s1. The largest absolute Gasteiger partial charge is 0.461 e. The van der Waals surface area contributed by atoms with Crippen LogP contribution in [0, 0.1) is 5.92 Å². The maximum atomic E-state index is 13.4. The first-order valence-corrected chi connectivity index (χ1v) is 13.9. The molecule has 2 aromatic rings. The van der Waals surface area contributed by atoms with Gasteiger partial charge in [0.05, 0.1) is 6.42 Å². The van der Waals surface area contributed by atoms with E-state index in [0.29, 0.717) is 6.42 Å². The van der Waals surface area contributed by atoms with Crippen molar-refractivity contribution in [1.82, 2.24) is 16.0 Å². The van der Waals surface area contributed by atoms with Crippen molar-refractivity contribution in [1.29, 1.82) is 0 Å². The van der Waals surface area contributed by atoms with Crippen molar-refractivity contribution in [2.24, 2.45) is 11.7 Å². The van der Waals surface area contributed by atoms with Crippen molar-refractivity contribution in [2.45, 2.75) is 84.2 Å². The number of esters is 1. The second-order valence-corrected chi connectivity index (χ2v) is 11.1. The first-order chi connectivity index (χ1) is 19.8. The van der Waals surface area contributed by atoms with E-state index in [4.69, 9.17) is 15.2 Å². The molecule has 0 aliphatic rings. The number of hydrogen-bond donors (Lipinski definition) is 4. The van der Waals surface area contributed by atoms with E-state index in [1.54, 1.807) is 76.2 Å². The Balaban J connectivity index is 2.19. The summed E-state index contributed by atoms with van der Waals surface area (Å²) in [6.07, 6.45) is -0.759. The van der Waals surface area contributed by atoms with Crippen molar-refractivity contribution in [2.75, 3.05) is 0 Å². The average molecular weight is 583 g/mol. The fourth-order valence-electron chi connectivity index (χ4n) is 3.91. The van der Waals surface area contributed by atoms with Crippen molar-refractivity contribution in [3.8, 4) is 0 Å². The van der Waals surface area contributed by atoms with Crippen LogP contribution in [0.1, 0.15) is 58.6 Å². The fraction of sp³-hybridized carbons (Fsp3) is 0.452. The molecule has 11 nitrogen and oxygen atoms in total. The van der Waals surface area contributed by atoms with Crippen LogP contribution in [0.5, 0.6) is 0 Å². The summed E-state index contributed by atoms with van der Waals surface area (Å²) in [4.78, 5) is 64.2. The molecule has 5 N–H and O–H groups in total. The Hall–Kier alpha value is -4.41. The van der Waals surface area contributed by atoms with Crippen LogP contribution >= 0.6 is 0 Å². The van der Waals surface area contributed by atoms with Crippen molar-refractivity contribution in [3.05, 3.63) is 71.8 Å². The maximum absolute atomic E-state index is 13.4. The highest BCUT2D eigenvalue weighted by Gasteiger charge is 2.34. The van der Waals surface area contributed by atoms with E-state index in [0.717, 1.165) is 11.1 Å². The van der Waals surface area contributed by atoms with E-state index in [9.17, 15) is 24.0 Å². The number of carbonyl (C=O) groups is 5. The van der Waals surface area contributed by atoms with Gasteiger partial charge in [-0.1, -0.05) is 80.9 Å². The molecule has 0 aromatic heterocycles. The molecule has 0 spiro atoms. The Morgan fingerprint density at radius 1 is 0.810 bits per heavy atom. The highest BCUT2D eigenvalue weighted by Crippen LogP contribution is 2.12. The summed E-state index contributed by atoms with van der Waals surface area (Å²) in [5.74, 6) is -3.26. The van der Waals surface area contributed by atoms with E-state index in [1.807, 2.05) is 19.1 Å². The van der Waals surface area contributed by atoms with Gasteiger partial charge in [-0.3, -0.25) is 19.2 Å². The second-order valence-electron chi connectivity index (χ2n) is 11.1. The topological polar surface area (TPSA) is 166 Å². The van der Waals surface area contributed by atoms with E-state index >= 15 is 0 Å². The van der Waals surface area contributed by atoms with Crippen LogP contribution in [0.15, 0.2) is 60.7 Å². The van der Waals surface area contributed by atoms with Gasteiger partial charge < -0.3 is 31.2 Å². The Labute approximate surface area is 246 Å². The van der Waals surface area contributed by atoms with Crippen molar-refractivity contribution < 1.29 is 33.4 Å². The highest BCUT2D eigenvalue weighted by atomic mass is 16.6. The summed E-state index contributed by atoms with van der Waals surface area (Å²) in [5, 5.41) is 7.70. The average Bonchev–Trinajstić information content (AvgIpc) is 2.93. The minimum absolute atomic E-state index is 0.0196. The van der Waals surface area contributed by atoms with Gasteiger partial charge in [0, 0.05) is 6.42 Å². The molecule has 0 bridgehead atoms. The van der Waals surface area contributed by atoms with Crippen LogP contribution in [0.2, 0.25) is 0 Å². The van der Waals surface area contributed by atoms with Gasteiger partial charge >= 0.3 is 12.1 Å². The third-order valence-corrected chi connectivity index (χ3v) is 6.36. The SMILES string of the molecule is CC[C@H](C)[C@H](NC(=O)[C@@H](CC(=O)OCc1ccccc1)NC(=O)OC(C)(C)C)C(=O)N[C@@H](Cc1ccccc1)C(N)=O. The van der Waals surface area contributed by atoms with Crippen LogP contribution < -0.4 is 21.7 Å². The molecule has 228 valence electrons. The zero-order chi connectivity index (χ0) is 31.3. The molecule has 0 radical (unpaired) electrons. The molecule has 4 amide bonds. The molecular weight excluding hydrogens is 540 g/mol. The maximum Gasteiger partial charge on any atom is 0.408 e. The van der Waals surface area contributed by atoms with Crippen LogP contribution in [-0.2, 0) is 41.7 Å². The molecule has 0 aliphatic heterocycles. The molecule has 42 heavy (non-hydrogen) atoms. The van der Waals surface area contributed by atoms with E-state index in [-0.39, 0.29) is 18.9 Å². The molecule has 0 heterocycles. The molecule has 0 saturated heterocycles. The number of nitrogens with two attached hydrogens (primary N) is 1. The van der Waals surface area contributed by atoms with E-state index in [1.165, 1.54) is 0 Å². The quantitative estimate of drug-likeness (QED) is 0.249. The molecule has 0 aliphatic carbocycles. The molecule has 0 unspecified atom stereocenters. The van der Waals surface area contributed by atoms with E-state index < -0.39 is 59.9 Å². The Morgan fingerprint density at radius 2 is 1.38 bits per heavy atom. The van der Waals surface area contributed by atoms with Gasteiger partial charge in [0.2, 0.25) is 17.7 Å². The molecule has 2 rings (SSSR count). The van der Waals surface area contributed by atoms with Crippen LogP contribution in [0.25, 0.3) is 0 Å². The van der Waals surface area contributed by atoms with Crippen molar-refractivity contribution in [3.63, 3.8) is 0 Å². The third kappa shape index (κ3) is 12.0. The Bertz CT molecular complexity index is 1200. The number of hydrogen-bond acceptors (Lipinski definition) is 7. The van der Waals surface area contributed by atoms with Gasteiger partial charge in [0.25, 0.3) is 0 Å². The number of amides is 4. The summed E-state index contributed by atoms with van der Waals surface area (Å²) in [6.45, 7) is 8.54. The summed E-state index contributed by atoms with van der Waals surface area (Å²) in [7, 11) is 0. The lowest BCUT2D eigenvalue weighted by Gasteiger charge is -2.28. The van der Waals surface area contributed by atoms with Crippen LogP contribution in [-0.4, -0.2) is 53.5 Å².